The van der Waals surface area contributed by atoms with Crippen LogP contribution in [0.3, 0.4) is 0 Å². The summed E-state index contributed by atoms with van der Waals surface area (Å²) in [5, 5.41) is 6.96. The molecule has 0 aliphatic heterocycles. The maximum atomic E-state index is 7.05. The van der Waals surface area contributed by atoms with Gasteiger partial charge in [0, 0.05) is 0 Å². The lowest BCUT2D eigenvalue weighted by Crippen LogP contribution is -2.25. The Balaban J connectivity index is 1.56. The standard InChI is InChI=1S/C38H32O3P2/c1-39-33-25-15-27-35(37(33)42(29-17-7-3-8-18-29)30-19-9-4-10-20-30)41-36-28-16-26-34(40-2)38(36)43(31-21-11-5-12-22-31)32-23-13-6-14-24-32/h3-28H,1-2H3. The van der Waals surface area contributed by atoms with Gasteiger partial charge in [0.15, 0.2) is 0 Å². The van der Waals surface area contributed by atoms with Gasteiger partial charge in [-0.25, -0.2) is 0 Å². The minimum absolute atomic E-state index is 0.767. The quantitative estimate of drug-likeness (QED) is 0.159. The fraction of sp³-hybridized carbons (Fsp3) is 0.0526. The molecule has 0 spiro atoms. The maximum absolute atomic E-state index is 7.05. The second-order valence-corrected chi connectivity index (χ2v) is 14.0. The first kappa shape index (κ1) is 28.7. The van der Waals surface area contributed by atoms with Crippen LogP contribution in [-0.2, 0) is 0 Å². The van der Waals surface area contributed by atoms with Crippen molar-refractivity contribution in [1.29, 1.82) is 0 Å². The number of methoxy groups -OCH3 is 2. The van der Waals surface area contributed by atoms with E-state index in [1.807, 2.05) is 24.3 Å². The average molecular weight is 599 g/mol. The molecular weight excluding hydrogens is 566 g/mol. The zero-order chi connectivity index (χ0) is 29.4. The van der Waals surface area contributed by atoms with Crippen LogP contribution in [0.25, 0.3) is 0 Å². The smallest absolute Gasteiger partial charge is 0.139 e. The summed E-state index contributed by atoms with van der Waals surface area (Å²) in [4.78, 5) is 0. The zero-order valence-corrected chi connectivity index (χ0v) is 25.9. The molecular formula is C38H32O3P2. The first-order valence-corrected chi connectivity index (χ1v) is 16.8. The summed E-state index contributed by atoms with van der Waals surface area (Å²) in [7, 11) is 1.48. The van der Waals surface area contributed by atoms with E-state index in [1.54, 1.807) is 14.2 Å². The number of benzene rings is 6. The van der Waals surface area contributed by atoms with Crippen molar-refractivity contribution in [2.75, 3.05) is 14.2 Å². The van der Waals surface area contributed by atoms with Crippen molar-refractivity contribution in [1.82, 2.24) is 0 Å². The first-order valence-electron chi connectivity index (χ1n) is 14.1. The van der Waals surface area contributed by atoms with Gasteiger partial charge in [0.25, 0.3) is 0 Å². The molecule has 0 unspecified atom stereocenters. The van der Waals surface area contributed by atoms with Crippen LogP contribution in [0.2, 0.25) is 0 Å². The Morgan fingerprint density at radius 1 is 0.326 bits per heavy atom. The lowest BCUT2D eigenvalue weighted by molar-refractivity contribution is 0.410. The van der Waals surface area contributed by atoms with Crippen molar-refractivity contribution in [3.05, 3.63) is 158 Å². The Hall–Kier alpha value is -4.42. The zero-order valence-electron chi connectivity index (χ0n) is 24.1. The summed E-state index contributed by atoms with van der Waals surface area (Å²) in [5.41, 5.74) is 0. The highest BCUT2D eigenvalue weighted by molar-refractivity contribution is 7.80. The topological polar surface area (TPSA) is 27.7 Å². The molecule has 212 valence electrons. The number of rotatable bonds is 10. The monoisotopic (exact) mass is 598 g/mol. The fourth-order valence-electron chi connectivity index (χ4n) is 5.18. The molecule has 6 aromatic rings. The summed E-state index contributed by atoms with van der Waals surface area (Å²) < 4.78 is 19.1. The number of ether oxygens (including phenoxy) is 3. The Bertz CT molecular complexity index is 1550. The second kappa shape index (κ2) is 13.7. The summed E-state index contributed by atoms with van der Waals surface area (Å²) in [6.45, 7) is 0. The minimum Gasteiger partial charge on any atom is -0.496 e. The molecule has 0 bridgehead atoms. The van der Waals surface area contributed by atoms with E-state index in [4.69, 9.17) is 14.2 Å². The summed E-state index contributed by atoms with van der Waals surface area (Å²) in [6, 6.07) is 54.6. The Kier molecular flexibility index (Phi) is 9.14. The lowest BCUT2D eigenvalue weighted by atomic mass is 10.3. The van der Waals surface area contributed by atoms with E-state index in [9.17, 15) is 0 Å². The van der Waals surface area contributed by atoms with Crippen LogP contribution in [0.5, 0.6) is 23.0 Å². The van der Waals surface area contributed by atoms with Crippen molar-refractivity contribution >= 4 is 47.7 Å². The van der Waals surface area contributed by atoms with Crippen LogP contribution in [-0.4, -0.2) is 14.2 Å². The van der Waals surface area contributed by atoms with E-state index < -0.39 is 15.8 Å². The van der Waals surface area contributed by atoms with Crippen LogP contribution in [0, 0.1) is 0 Å². The number of hydrogen-bond donors (Lipinski definition) is 0. The maximum Gasteiger partial charge on any atom is 0.139 e. The molecule has 0 saturated heterocycles. The highest BCUT2D eigenvalue weighted by Gasteiger charge is 2.28. The van der Waals surface area contributed by atoms with Gasteiger partial charge >= 0.3 is 0 Å². The fourth-order valence-corrected chi connectivity index (χ4v) is 10.1. The van der Waals surface area contributed by atoms with Crippen LogP contribution in [0.1, 0.15) is 0 Å². The molecule has 0 heterocycles. The largest absolute Gasteiger partial charge is 0.496 e. The molecule has 0 N–H and O–H groups in total. The van der Waals surface area contributed by atoms with E-state index in [1.165, 1.54) is 21.2 Å². The molecule has 0 amide bonds. The van der Waals surface area contributed by atoms with Crippen LogP contribution in [0.15, 0.2) is 158 Å². The highest BCUT2D eigenvalue weighted by atomic mass is 31.1. The van der Waals surface area contributed by atoms with E-state index in [2.05, 4.69) is 133 Å². The van der Waals surface area contributed by atoms with E-state index >= 15 is 0 Å². The van der Waals surface area contributed by atoms with Gasteiger partial charge in [-0.05, 0) is 61.3 Å². The lowest BCUT2D eigenvalue weighted by Gasteiger charge is -2.27. The number of hydrogen-bond acceptors (Lipinski definition) is 3. The van der Waals surface area contributed by atoms with Crippen molar-refractivity contribution in [3.8, 4) is 23.0 Å². The highest BCUT2D eigenvalue weighted by Crippen LogP contribution is 2.44. The Morgan fingerprint density at radius 2 is 0.605 bits per heavy atom. The van der Waals surface area contributed by atoms with E-state index in [0.29, 0.717) is 0 Å². The van der Waals surface area contributed by atoms with Gasteiger partial charge in [-0.2, -0.15) is 0 Å². The van der Waals surface area contributed by atoms with Gasteiger partial charge < -0.3 is 14.2 Å². The third-order valence-electron chi connectivity index (χ3n) is 7.09. The van der Waals surface area contributed by atoms with Crippen molar-refractivity contribution in [2.45, 2.75) is 0 Å². The van der Waals surface area contributed by atoms with Gasteiger partial charge in [-0.1, -0.05) is 133 Å². The predicted molar refractivity (Wildman–Crippen MR) is 183 cm³/mol. The molecule has 0 saturated carbocycles. The molecule has 0 aliphatic carbocycles. The molecule has 43 heavy (non-hydrogen) atoms. The molecule has 0 radical (unpaired) electrons. The van der Waals surface area contributed by atoms with Crippen LogP contribution in [0.4, 0.5) is 0 Å². The van der Waals surface area contributed by atoms with Gasteiger partial charge in [-0.3, -0.25) is 0 Å². The predicted octanol–water partition coefficient (Wildman–Crippen LogP) is 7.01. The van der Waals surface area contributed by atoms with Crippen molar-refractivity contribution in [2.24, 2.45) is 0 Å². The summed E-state index contributed by atoms with van der Waals surface area (Å²) >= 11 is 0. The molecule has 0 aromatic heterocycles. The third-order valence-corrected chi connectivity index (χ3v) is 12.1. The van der Waals surface area contributed by atoms with Crippen LogP contribution < -0.4 is 46.0 Å². The molecule has 5 heteroatoms. The second-order valence-electron chi connectivity index (χ2n) is 9.73. The minimum atomic E-state index is -0.989. The Labute approximate surface area is 256 Å². The molecule has 0 atom stereocenters. The molecule has 0 fully saturated rings. The van der Waals surface area contributed by atoms with Crippen molar-refractivity contribution < 1.29 is 14.2 Å². The molecule has 3 nitrogen and oxygen atoms in total. The summed E-state index contributed by atoms with van der Waals surface area (Å²) in [6.07, 6.45) is 0. The molecule has 0 aliphatic rings. The van der Waals surface area contributed by atoms with Crippen molar-refractivity contribution in [3.63, 3.8) is 0 Å². The van der Waals surface area contributed by atoms with Gasteiger partial charge in [0.2, 0.25) is 0 Å². The van der Waals surface area contributed by atoms with E-state index in [-0.39, 0.29) is 0 Å². The first-order chi connectivity index (χ1) is 21.3. The molecule has 6 aromatic carbocycles. The van der Waals surface area contributed by atoms with Gasteiger partial charge in [-0.15, -0.1) is 0 Å². The summed E-state index contributed by atoms with van der Waals surface area (Å²) in [5.74, 6) is 3.13. The normalized spacial score (nSPS) is 11.0. The molecule has 6 rings (SSSR count). The van der Waals surface area contributed by atoms with Gasteiger partial charge in [0.1, 0.15) is 23.0 Å². The average Bonchev–Trinajstić information content (AvgIpc) is 3.08. The Morgan fingerprint density at radius 3 is 0.884 bits per heavy atom. The van der Waals surface area contributed by atoms with E-state index in [0.717, 1.165) is 33.6 Å². The van der Waals surface area contributed by atoms with Crippen LogP contribution >= 0.6 is 15.8 Å². The SMILES string of the molecule is COc1cccc(Oc2cccc(OC)c2P(c2ccccc2)c2ccccc2)c1P(c1ccccc1)c1ccccc1. The third kappa shape index (κ3) is 6.20. The van der Waals surface area contributed by atoms with Gasteiger partial charge in [0.05, 0.1) is 24.8 Å².